The highest BCUT2D eigenvalue weighted by molar-refractivity contribution is 5.79. The first-order valence-electron chi connectivity index (χ1n) is 8.82. The number of hydrogen-bond acceptors (Lipinski definition) is 7. The van der Waals surface area contributed by atoms with Gasteiger partial charge in [0, 0.05) is 18.5 Å². The number of allylic oxidation sites excluding steroid dienone is 1. The molecule has 0 fully saturated rings. The maximum atomic E-state index is 11.8. The Kier molecular flexibility index (Phi) is 5.65. The zero-order valence-corrected chi connectivity index (χ0v) is 15.5. The molecule has 1 aliphatic heterocycles. The molecule has 9 nitrogen and oxygen atoms in total. The monoisotopic (exact) mass is 386 g/mol. The molecule has 4 N–H and O–H groups in total. The van der Waals surface area contributed by atoms with E-state index in [9.17, 15) is 20.1 Å². The molecular weight excluding hydrogens is 364 g/mol. The summed E-state index contributed by atoms with van der Waals surface area (Å²) in [6.45, 7) is 2.38. The van der Waals surface area contributed by atoms with Crippen LogP contribution >= 0.6 is 0 Å². The van der Waals surface area contributed by atoms with Crippen LogP contribution in [0.3, 0.4) is 0 Å². The number of aliphatic hydroxyl groups excluding tert-OH is 3. The van der Waals surface area contributed by atoms with Gasteiger partial charge in [0.1, 0.15) is 18.3 Å². The van der Waals surface area contributed by atoms with Gasteiger partial charge in [-0.3, -0.25) is 9.48 Å². The van der Waals surface area contributed by atoms with Crippen LogP contribution in [-0.4, -0.2) is 62.0 Å². The number of carbonyl (C=O) groups is 1. The Balaban J connectivity index is 2.04. The fourth-order valence-corrected chi connectivity index (χ4v) is 3.38. The summed E-state index contributed by atoms with van der Waals surface area (Å²) in [6, 6.07) is 5.93. The molecule has 1 amide bonds. The lowest BCUT2D eigenvalue weighted by Crippen LogP contribution is -2.57. The van der Waals surface area contributed by atoms with Crippen molar-refractivity contribution in [1.82, 2.24) is 15.1 Å². The third kappa shape index (κ3) is 3.84. The predicted octanol–water partition coefficient (Wildman–Crippen LogP) is -0.0295. The van der Waals surface area contributed by atoms with Crippen molar-refractivity contribution in [2.24, 2.45) is 0 Å². The second-order valence-electron chi connectivity index (χ2n) is 6.81. The van der Waals surface area contributed by atoms with E-state index in [2.05, 4.69) is 16.5 Å². The van der Waals surface area contributed by atoms with Crippen LogP contribution in [-0.2, 0) is 9.53 Å². The third-order valence-corrected chi connectivity index (χ3v) is 4.69. The van der Waals surface area contributed by atoms with Crippen LogP contribution in [0.2, 0.25) is 0 Å². The average Bonchev–Trinajstić information content (AvgIpc) is 3.10. The minimum absolute atomic E-state index is 0.342. The summed E-state index contributed by atoms with van der Waals surface area (Å²) in [6.07, 6.45) is -0.350. The van der Waals surface area contributed by atoms with Crippen LogP contribution < -0.4 is 5.32 Å². The van der Waals surface area contributed by atoms with Gasteiger partial charge in [-0.05, 0) is 31.2 Å². The van der Waals surface area contributed by atoms with Crippen LogP contribution in [0.1, 0.15) is 25.5 Å². The molecule has 2 aromatic rings. The molecule has 0 saturated heterocycles. The van der Waals surface area contributed by atoms with E-state index in [1.807, 2.05) is 0 Å². The molecule has 0 spiro atoms. The molecule has 0 aliphatic carbocycles. The Morgan fingerprint density at radius 1 is 1.46 bits per heavy atom. The number of benzene rings is 1. The fraction of sp³-hybridized carbons (Fsp3) is 0.421. The molecule has 148 valence electrons. The Labute approximate surface area is 161 Å². The smallest absolute Gasteiger partial charge is 0.217 e. The van der Waals surface area contributed by atoms with Gasteiger partial charge in [0.25, 0.3) is 0 Å². The van der Waals surface area contributed by atoms with Gasteiger partial charge in [-0.2, -0.15) is 10.4 Å². The summed E-state index contributed by atoms with van der Waals surface area (Å²) < 4.78 is 7.32. The van der Waals surface area contributed by atoms with Gasteiger partial charge < -0.3 is 25.4 Å². The quantitative estimate of drug-likeness (QED) is 0.565. The summed E-state index contributed by atoms with van der Waals surface area (Å²) in [7, 11) is 0. The van der Waals surface area contributed by atoms with Gasteiger partial charge >= 0.3 is 0 Å². The summed E-state index contributed by atoms with van der Waals surface area (Å²) in [5, 5.41) is 46.6. The van der Waals surface area contributed by atoms with Crippen molar-refractivity contribution in [1.29, 1.82) is 5.26 Å². The number of ether oxygens (including phenoxy) is 1. The van der Waals surface area contributed by atoms with Gasteiger partial charge in [0.15, 0.2) is 0 Å². The lowest BCUT2D eigenvalue weighted by atomic mass is 9.92. The number of carbonyl (C=O) groups excluding carboxylic acids is 1. The van der Waals surface area contributed by atoms with E-state index >= 15 is 0 Å². The first-order chi connectivity index (χ1) is 13.3. The third-order valence-electron chi connectivity index (χ3n) is 4.69. The highest BCUT2D eigenvalue weighted by Crippen LogP contribution is 2.30. The molecule has 1 aromatic carbocycles. The number of rotatable bonds is 5. The number of amides is 1. The number of nitriles is 1. The van der Waals surface area contributed by atoms with Crippen molar-refractivity contribution in [3.8, 4) is 6.07 Å². The summed E-state index contributed by atoms with van der Waals surface area (Å²) in [5.74, 6) is 0.142. The van der Waals surface area contributed by atoms with E-state index in [0.29, 0.717) is 16.8 Å². The average molecular weight is 386 g/mol. The van der Waals surface area contributed by atoms with Crippen LogP contribution in [0, 0.1) is 11.3 Å². The minimum atomic E-state index is -1.43. The second-order valence-corrected chi connectivity index (χ2v) is 6.81. The largest absolute Gasteiger partial charge is 0.490 e. The number of hydrogen-bond donors (Lipinski definition) is 4. The predicted molar refractivity (Wildman–Crippen MR) is 98.8 cm³/mol. The molecule has 0 unspecified atom stereocenters. The van der Waals surface area contributed by atoms with E-state index in [1.165, 1.54) is 6.92 Å². The van der Waals surface area contributed by atoms with Crippen molar-refractivity contribution in [3.63, 3.8) is 0 Å². The Hall–Kier alpha value is -2.93. The molecule has 28 heavy (non-hydrogen) atoms. The van der Waals surface area contributed by atoms with Crippen LogP contribution in [0.25, 0.3) is 10.9 Å². The summed E-state index contributed by atoms with van der Waals surface area (Å²) in [5.41, 5.74) is 1.18. The van der Waals surface area contributed by atoms with Gasteiger partial charge in [0.2, 0.25) is 5.91 Å². The van der Waals surface area contributed by atoms with E-state index < -0.39 is 37.0 Å². The van der Waals surface area contributed by atoms with Crippen LogP contribution in [0.5, 0.6) is 0 Å². The lowest BCUT2D eigenvalue weighted by Gasteiger charge is -2.40. The molecule has 0 bridgehead atoms. The molecule has 5 atom stereocenters. The van der Waals surface area contributed by atoms with E-state index in [-0.39, 0.29) is 5.91 Å². The van der Waals surface area contributed by atoms with Crippen molar-refractivity contribution in [2.75, 3.05) is 6.61 Å². The highest BCUT2D eigenvalue weighted by atomic mass is 16.5. The number of aliphatic hydroxyl groups is 3. The zero-order valence-electron chi connectivity index (χ0n) is 15.5. The van der Waals surface area contributed by atoms with E-state index in [1.54, 1.807) is 42.1 Å². The maximum Gasteiger partial charge on any atom is 0.217 e. The van der Waals surface area contributed by atoms with Gasteiger partial charge in [0.05, 0.1) is 41.6 Å². The number of nitrogens with one attached hydrogen (secondary N) is 1. The fourth-order valence-electron chi connectivity index (χ4n) is 3.38. The van der Waals surface area contributed by atoms with Crippen molar-refractivity contribution in [3.05, 3.63) is 41.8 Å². The molecule has 9 heteroatoms. The van der Waals surface area contributed by atoms with E-state index in [4.69, 9.17) is 10.00 Å². The number of fused-ring (bicyclic) bond motifs is 1. The number of aromatic nitrogens is 2. The first-order valence-corrected chi connectivity index (χ1v) is 8.82. The molecule has 2 heterocycles. The Bertz CT molecular complexity index is 947. The maximum absolute atomic E-state index is 11.8. The van der Waals surface area contributed by atoms with Gasteiger partial charge in [-0.15, -0.1) is 0 Å². The molecule has 1 aromatic heterocycles. The minimum Gasteiger partial charge on any atom is -0.490 e. The lowest BCUT2D eigenvalue weighted by molar-refractivity contribution is -0.127. The number of nitrogens with zero attached hydrogens (tertiary/aromatic N) is 3. The van der Waals surface area contributed by atoms with Crippen LogP contribution in [0.4, 0.5) is 0 Å². The summed E-state index contributed by atoms with van der Waals surface area (Å²) in [4.78, 5) is 11.8. The topological polar surface area (TPSA) is 141 Å². The normalized spacial score (nSPS) is 24.0. The Morgan fingerprint density at radius 3 is 2.86 bits per heavy atom. The summed E-state index contributed by atoms with van der Waals surface area (Å²) >= 11 is 0. The van der Waals surface area contributed by atoms with Crippen molar-refractivity contribution in [2.45, 2.75) is 44.2 Å². The molecule has 0 saturated carbocycles. The van der Waals surface area contributed by atoms with Gasteiger partial charge in [-0.1, -0.05) is 0 Å². The zero-order chi connectivity index (χ0) is 20.4. The Morgan fingerprint density at radius 2 is 2.21 bits per heavy atom. The van der Waals surface area contributed by atoms with E-state index in [0.717, 1.165) is 5.39 Å². The van der Waals surface area contributed by atoms with Gasteiger partial charge in [-0.25, -0.2) is 0 Å². The molecular formula is C19H22N4O5. The molecule has 3 rings (SSSR count). The molecule has 1 aliphatic rings. The molecule has 0 radical (unpaired) electrons. The van der Waals surface area contributed by atoms with Crippen molar-refractivity contribution >= 4 is 16.8 Å². The van der Waals surface area contributed by atoms with Crippen LogP contribution in [0.15, 0.2) is 36.2 Å². The SMILES string of the molecule is CC(=O)N[C@H]1[C@H]([C@H](O)[C@H](O)CO)OC(C)=C[C@@H]1n1cc2cc(C#N)ccc2n1. The van der Waals surface area contributed by atoms with Crippen molar-refractivity contribution < 1.29 is 24.9 Å². The second kappa shape index (κ2) is 7.98. The standard InChI is InChI=1S/C19H22N4O5/c1-10-5-15(23-8-13-6-12(7-20)3-4-14(13)22-23)17(21-11(2)25)19(28-10)18(27)16(26)9-24/h3-6,8,15-19,24,26-27H,9H2,1-2H3,(H,21,25)/t15-,16+,17+,18+,19+/m0/s1. The first kappa shape index (κ1) is 19.8. The highest BCUT2D eigenvalue weighted by Gasteiger charge is 2.42.